The van der Waals surface area contributed by atoms with Gasteiger partial charge in [0.1, 0.15) is 5.75 Å². The van der Waals surface area contributed by atoms with Crippen molar-refractivity contribution in [2.45, 2.75) is 12.7 Å². The van der Waals surface area contributed by atoms with Gasteiger partial charge < -0.3 is 15.7 Å². The van der Waals surface area contributed by atoms with Crippen LogP contribution >= 0.6 is 0 Å². The molecule has 0 heterocycles. The second-order valence-corrected chi connectivity index (χ2v) is 4.79. The monoisotopic (exact) mass is 296 g/mol. The number of nitrogen functional groups attached to an aromatic ring is 1. The molecule has 3 N–H and O–H groups in total. The number of rotatable bonds is 3. The summed E-state index contributed by atoms with van der Waals surface area (Å²) < 4.78 is 39.1. The molecule has 21 heavy (non-hydrogen) atoms. The predicted molar refractivity (Wildman–Crippen MR) is 76.1 cm³/mol. The largest absolute Gasteiger partial charge is 0.508 e. The van der Waals surface area contributed by atoms with Gasteiger partial charge in [-0.1, -0.05) is 6.07 Å². The van der Waals surface area contributed by atoms with E-state index in [4.69, 9.17) is 5.73 Å². The number of hydrogen-bond donors (Lipinski definition) is 2. The summed E-state index contributed by atoms with van der Waals surface area (Å²) in [6, 6.07) is 10.0. The number of hydrogen-bond acceptors (Lipinski definition) is 3. The van der Waals surface area contributed by atoms with Gasteiger partial charge in [-0.3, -0.25) is 0 Å². The van der Waals surface area contributed by atoms with E-state index < -0.39 is 11.7 Å². The van der Waals surface area contributed by atoms with E-state index in [-0.39, 0.29) is 23.5 Å². The Hall–Kier alpha value is -2.37. The van der Waals surface area contributed by atoms with Gasteiger partial charge in [-0.15, -0.1) is 0 Å². The van der Waals surface area contributed by atoms with Crippen LogP contribution in [0.1, 0.15) is 11.1 Å². The zero-order valence-corrected chi connectivity index (χ0v) is 11.4. The first-order valence-electron chi connectivity index (χ1n) is 6.23. The molecule has 0 spiro atoms. The summed E-state index contributed by atoms with van der Waals surface area (Å²) in [5.41, 5.74) is 5.65. The number of alkyl halides is 3. The first-order valence-corrected chi connectivity index (χ1v) is 6.23. The molecule has 2 aromatic carbocycles. The Labute approximate surface area is 120 Å². The van der Waals surface area contributed by atoms with Crippen molar-refractivity contribution < 1.29 is 18.3 Å². The molecule has 0 amide bonds. The molecule has 0 bridgehead atoms. The number of phenols is 1. The summed E-state index contributed by atoms with van der Waals surface area (Å²) in [5, 5.41) is 9.23. The minimum absolute atomic E-state index is 0.0818. The van der Waals surface area contributed by atoms with Gasteiger partial charge in [0.25, 0.3) is 0 Å². The van der Waals surface area contributed by atoms with Crippen molar-refractivity contribution in [2.75, 3.05) is 17.7 Å². The van der Waals surface area contributed by atoms with Crippen molar-refractivity contribution in [3.05, 3.63) is 53.6 Å². The van der Waals surface area contributed by atoms with Gasteiger partial charge >= 0.3 is 6.18 Å². The predicted octanol–water partition coefficient (Wildman–Crippen LogP) is 3.63. The summed E-state index contributed by atoms with van der Waals surface area (Å²) >= 11 is 0. The zero-order chi connectivity index (χ0) is 15.6. The molecule has 3 nitrogen and oxygen atoms in total. The van der Waals surface area contributed by atoms with E-state index in [0.29, 0.717) is 5.69 Å². The highest BCUT2D eigenvalue weighted by atomic mass is 19.4. The number of halogens is 3. The van der Waals surface area contributed by atoms with Crippen LogP contribution < -0.4 is 10.6 Å². The Morgan fingerprint density at radius 1 is 1.10 bits per heavy atom. The van der Waals surface area contributed by atoms with Crippen LogP contribution in [-0.2, 0) is 12.7 Å². The van der Waals surface area contributed by atoms with Crippen LogP contribution in [0.15, 0.2) is 42.5 Å². The van der Waals surface area contributed by atoms with E-state index in [1.54, 1.807) is 24.1 Å². The molecule has 0 aliphatic rings. The standard InChI is InChI=1S/C15H15F3N2O/c1-20(12-4-6-13(21)7-5-12)9-10-2-3-11(19)8-14(10)15(16,17)18/h2-8,21H,9,19H2,1H3. The number of aromatic hydroxyl groups is 1. The summed E-state index contributed by atoms with van der Waals surface area (Å²) in [6.45, 7) is 0.0832. The van der Waals surface area contributed by atoms with Crippen LogP contribution in [0.5, 0.6) is 5.75 Å². The highest BCUT2D eigenvalue weighted by Crippen LogP contribution is 2.34. The third-order valence-corrected chi connectivity index (χ3v) is 3.14. The first kappa shape index (κ1) is 15.0. The Bertz CT molecular complexity index is 624. The third-order valence-electron chi connectivity index (χ3n) is 3.14. The first-order chi connectivity index (χ1) is 9.77. The Balaban J connectivity index is 2.29. The fourth-order valence-electron chi connectivity index (χ4n) is 2.05. The second kappa shape index (κ2) is 5.55. The molecule has 0 saturated heterocycles. The van der Waals surface area contributed by atoms with Gasteiger partial charge in [-0.25, -0.2) is 0 Å². The highest BCUT2D eigenvalue weighted by molar-refractivity contribution is 5.51. The molecule has 0 atom stereocenters. The fraction of sp³-hybridized carbons (Fsp3) is 0.200. The topological polar surface area (TPSA) is 49.5 Å². The average molecular weight is 296 g/mol. The second-order valence-electron chi connectivity index (χ2n) is 4.79. The van der Waals surface area contributed by atoms with Gasteiger partial charge in [0, 0.05) is 25.0 Å². The quantitative estimate of drug-likeness (QED) is 0.850. The van der Waals surface area contributed by atoms with Crippen molar-refractivity contribution in [3.8, 4) is 5.75 Å². The van der Waals surface area contributed by atoms with Crippen LogP contribution in [0, 0.1) is 0 Å². The average Bonchev–Trinajstić information content (AvgIpc) is 2.40. The minimum atomic E-state index is -4.44. The van der Waals surface area contributed by atoms with Gasteiger partial charge in [-0.05, 0) is 42.0 Å². The molecule has 6 heteroatoms. The molecule has 2 rings (SSSR count). The van der Waals surface area contributed by atoms with Crippen molar-refractivity contribution in [2.24, 2.45) is 0 Å². The molecule has 0 aromatic heterocycles. The zero-order valence-electron chi connectivity index (χ0n) is 11.4. The molecule has 0 radical (unpaired) electrons. The normalized spacial score (nSPS) is 11.4. The lowest BCUT2D eigenvalue weighted by molar-refractivity contribution is -0.138. The van der Waals surface area contributed by atoms with Crippen LogP contribution in [0.3, 0.4) is 0 Å². The summed E-state index contributed by atoms with van der Waals surface area (Å²) in [6.07, 6.45) is -4.44. The summed E-state index contributed by atoms with van der Waals surface area (Å²) in [4.78, 5) is 1.67. The lowest BCUT2D eigenvalue weighted by Crippen LogP contribution is -2.20. The molecule has 0 aliphatic carbocycles. The van der Waals surface area contributed by atoms with Crippen LogP contribution in [0.4, 0.5) is 24.5 Å². The lowest BCUT2D eigenvalue weighted by atomic mass is 10.1. The molecule has 0 saturated carbocycles. The van der Waals surface area contributed by atoms with E-state index in [2.05, 4.69) is 0 Å². The summed E-state index contributed by atoms with van der Waals surface area (Å²) in [7, 11) is 1.68. The van der Waals surface area contributed by atoms with Gasteiger partial charge in [-0.2, -0.15) is 13.2 Å². The van der Waals surface area contributed by atoms with Crippen LogP contribution in [-0.4, -0.2) is 12.2 Å². The summed E-state index contributed by atoms with van der Waals surface area (Å²) in [5.74, 6) is 0.107. The van der Waals surface area contributed by atoms with E-state index in [9.17, 15) is 18.3 Å². The molecule has 0 unspecified atom stereocenters. The van der Waals surface area contributed by atoms with Gasteiger partial charge in [0.05, 0.1) is 5.56 Å². The Kier molecular flexibility index (Phi) is 3.97. The van der Waals surface area contributed by atoms with Gasteiger partial charge in [0.15, 0.2) is 0 Å². The SMILES string of the molecule is CN(Cc1ccc(N)cc1C(F)(F)F)c1ccc(O)cc1. The smallest absolute Gasteiger partial charge is 0.416 e. The molecule has 0 aliphatic heterocycles. The maximum Gasteiger partial charge on any atom is 0.416 e. The van der Waals surface area contributed by atoms with Crippen molar-refractivity contribution in [1.29, 1.82) is 0 Å². The highest BCUT2D eigenvalue weighted by Gasteiger charge is 2.33. The third kappa shape index (κ3) is 3.59. The molecule has 0 fully saturated rings. The Morgan fingerprint density at radius 2 is 1.71 bits per heavy atom. The van der Waals surface area contributed by atoms with Crippen molar-refractivity contribution >= 4 is 11.4 Å². The number of anilines is 2. The number of nitrogens with two attached hydrogens (primary N) is 1. The van der Waals surface area contributed by atoms with E-state index in [1.165, 1.54) is 24.3 Å². The maximum atomic E-state index is 13.0. The molecular formula is C15H15F3N2O. The number of nitrogens with zero attached hydrogens (tertiary/aromatic N) is 1. The van der Waals surface area contributed by atoms with E-state index in [1.807, 2.05) is 0 Å². The fourth-order valence-corrected chi connectivity index (χ4v) is 2.05. The minimum Gasteiger partial charge on any atom is -0.508 e. The molecular weight excluding hydrogens is 281 g/mol. The van der Waals surface area contributed by atoms with E-state index in [0.717, 1.165) is 6.07 Å². The van der Waals surface area contributed by atoms with Crippen LogP contribution in [0.25, 0.3) is 0 Å². The Morgan fingerprint density at radius 3 is 2.29 bits per heavy atom. The number of benzene rings is 2. The van der Waals surface area contributed by atoms with E-state index >= 15 is 0 Å². The number of phenolic OH excluding ortho intramolecular Hbond substituents is 1. The maximum absolute atomic E-state index is 13.0. The molecule has 112 valence electrons. The lowest BCUT2D eigenvalue weighted by Gasteiger charge is -2.22. The molecule has 2 aromatic rings. The van der Waals surface area contributed by atoms with Gasteiger partial charge in [0.2, 0.25) is 0 Å². The van der Waals surface area contributed by atoms with Crippen molar-refractivity contribution in [3.63, 3.8) is 0 Å². The van der Waals surface area contributed by atoms with Crippen LogP contribution in [0.2, 0.25) is 0 Å². The van der Waals surface area contributed by atoms with Crippen molar-refractivity contribution in [1.82, 2.24) is 0 Å².